The molecular weight excluding hydrogens is 338 g/mol. The highest BCUT2D eigenvalue weighted by Crippen LogP contribution is 2.21. The van der Waals surface area contributed by atoms with Crippen LogP contribution >= 0.6 is 0 Å². The molecule has 1 aromatic rings. The van der Waals surface area contributed by atoms with Crippen molar-refractivity contribution in [2.45, 2.75) is 57.3 Å². The third-order valence-corrected chi connectivity index (χ3v) is 6.37. The maximum atomic E-state index is 12.6. The van der Waals surface area contributed by atoms with E-state index in [0.29, 0.717) is 43.4 Å². The Morgan fingerprint density at radius 1 is 1.12 bits per heavy atom. The van der Waals surface area contributed by atoms with Crippen LogP contribution in [0.25, 0.3) is 0 Å². The van der Waals surface area contributed by atoms with E-state index in [1.54, 1.807) is 28.6 Å². The van der Waals surface area contributed by atoms with Gasteiger partial charge in [0.25, 0.3) is 0 Å². The molecule has 1 saturated heterocycles. The highest BCUT2D eigenvalue weighted by atomic mass is 32.2. The zero-order chi connectivity index (χ0) is 18.3. The minimum Gasteiger partial charge on any atom is -0.466 e. The summed E-state index contributed by atoms with van der Waals surface area (Å²) >= 11 is 0. The second-order valence-corrected chi connectivity index (χ2v) is 8.95. The van der Waals surface area contributed by atoms with Crippen molar-refractivity contribution >= 4 is 16.0 Å². The zero-order valence-electron chi connectivity index (χ0n) is 15.2. The van der Waals surface area contributed by atoms with Crippen LogP contribution in [0.2, 0.25) is 0 Å². The van der Waals surface area contributed by atoms with Crippen molar-refractivity contribution in [3.8, 4) is 0 Å². The van der Waals surface area contributed by atoms with Crippen LogP contribution < -0.4 is 0 Å². The van der Waals surface area contributed by atoms with Gasteiger partial charge < -0.3 is 4.74 Å². The molecule has 0 N–H and O–H groups in total. The van der Waals surface area contributed by atoms with Crippen LogP contribution in [0.3, 0.4) is 0 Å². The molecule has 6 heteroatoms. The third-order valence-electron chi connectivity index (χ3n) is 4.45. The van der Waals surface area contributed by atoms with Crippen LogP contribution in [-0.2, 0) is 26.0 Å². The number of aryl methyl sites for hydroxylation is 1. The molecule has 0 saturated carbocycles. The molecule has 0 aliphatic carbocycles. The molecule has 1 fully saturated rings. The van der Waals surface area contributed by atoms with Crippen molar-refractivity contribution in [2.75, 3.05) is 19.7 Å². The van der Waals surface area contributed by atoms with Gasteiger partial charge in [0.2, 0.25) is 10.0 Å². The predicted octanol–water partition coefficient (Wildman–Crippen LogP) is 3.38. The summed E-state index contributed by atoms with van der Waals surface area (Å²) in [5.74, 6) is 0.313. The smallest absolute Gasteiger partial charge is 0.306 e. The molecule has 0 unspecified atom stereocenters. The number of nitrogens with zero attached hydrogens (tertiary/aromatic N) is 1. The molecule has 0 bridgehead atoms. The van der Waals surface area contributed by atoms with E-state index in [1.807, 2.05) is 0 Å². The van der Waals surface area contributed by atoms with Gasteiger partial charge in [-0.25, -0.2) is 8.42 Å². The van der Waals surface area contributed by atoms with E-state index in [9.17, 15) is 13.2 Å². The lowest BCUT2D eigenvalue weighted by atomic mass is 10.1. The summed E-state index contributed by atoms with van der Waals surface area (Å²) in [5.41, 5.74) is 0.943. The van der Waals surface area contributed by atoms with Crippen LogP contribution in [0.1, 0.15) is 51.5 Å². The molecule has 0 amide bonds. The molecule has 1 aliphatic heterocycles. The van der Waals surface area contributed by atoms with Gasteiger partial charge in [0.15, 0.2) is 0 Å². The van der Waals surface area contributed by atoms with Crippen LogP contribution in [0.5, 0.6) is 0 Å². The van der Waals surface area contributed by atoms with Gasteiger partial charge in [0.1, 0.15) is 0 Å². The molecular formula is C19H29NO4S. The monoisotopic (exact) mass is 367 g/mol. The molecule has 25 heavy (non-hydrogen) atoms. The zero-order valence-corrected chi connectivity index (χ0v) is 16.1. The molecule has 0 atom stereocenters. The van der Waals surface area contributed by atoms with Gasteiger partial charge in [-0.2, -0.15) is 4.31 Å². The van der Waals surface area contributed by atoms with E-state index >= 15 is 0 Å². The Morgan fingerprint density at radius 2 is 1.76 bits per heavy atom. The van der Waals surface area contributed by atoms with E-state index in [4.69, 9.17) is 4.74 Å². The van der Waals surface area contributed by atoms with Gasteiger partial charge in [-0.15, -0.1) is 0 Å². The topological polar surface area (TPSA) is 63.7 Å². The van der Waals surface area contributed by atoms with Gasteiger partial charge in [-0.1, -0.05) is 32.4 Å². The van der Waals surface area contributed by atoms with Crippen molar-refractivity contribution in [3.63, 3.8) is 0 Å². The minimum atomic E-state index is -3.39. The number of ether oxygens (including phenoxy) is 1. The fourth-order valence-corrected chi connectivity index (χ4v) is 4.33. The van der Waals surface area contributed by atoms with Crippen molar-refractivity contribution in [2.24, 2.45) is 5.92 Å². The van der Waals surface area contributed by atoms with E-state index in [-0.39, 0.29) is 5.97 Å². The van der Waals surface area contributed by atoms with Crippen LogP contribution in [0.4, 0.5) is 0 Å². The number of carbonyl (C=O) groups is 1. The fourth-order valence-electron chi connectivity index (χ4n) is 2.81. The summed E-state index contributed by atoms with van der Waals surface area (Å²) in [6.45, 7) is 5.85. The maximum absolute atomic E-state index is 12.6. The largest absolute Gasteiger partial charge is 0.466 e. The number of piperidine rings is 1. The molecule has 0 radical (unpaired) electrons. The molecule has 0 spiro atoms. The quantitative estimate of drug-likeness (QED) is 0.661. The maximum Gasteiger partial charge on any atom is 0.306 e. The first kappa shape index (κ1) is 19.9. The van der Waals surface area contributed by atoms with E-state index in [2.05, 4.69) is 13.8 Å². The number of rotatable bonds is 8. The Kier molecular flexibility index (Phi) is 7.44. The van der Waals surface area contributed by atoms with Gasteiger partial charge in [-0.3, -0.25) is 4.79 Å². The van der Waals surface area contributed by atoms with Gasteiger partial charge in [-0.05, 0) is 49.3 Å². The molecule has 1 aliphatic rings. The van der Waals surface area contributed by atoms with Crippen molar-refractivity contribution < 1.29 is 17.9 Å². The Hall–Kier alpha value is -1.40. The summed E-state index contributed by atoms with van der Waals surface area (Å²) in [4.78, 5) is 12.0. The Balaban J connectivity index is 1.86. The highest BCUT2D eigenvalue weighted by molar-refractivity contribution is 7.89. The predicted molar refractivity (Wildman–Crippen MR) is 97.8 cm³/mol. The van der Waals surface area contributed by atoms with Crippen LogP contribution in [0, 0.1) is 5.92 Å². The van der Waals surface area contributed by atoms with Crippen molar-refractivity contribution in [1.29, 1.82) is 0 Å². The van der Waals surface area contributed by atoms with Gasteiger partial charge in [0, 0.05) is 19.5 Å². The lowest BCUT2D eigenvalue weighted by Crippen LogP contribution is -2.35. The number of hydrogen-bond donors (Lipinski definition) is 0. The minimum absolute atomic E-state index is 0.203. The molecule has 2 rings (SSSR count). The normalized spacial score (nSPS) is 16.1. The summed E-state index contributed by atoms with van der Waals surface area (Å²) in [6.07, 6.45) is 4.69. The Labute approximate surface area is 151 Å². The first-order valence-corrected chi connectivity index (χ1v) is 10.6. The van der Waals surface area contributed by atoms with Crippen LogP contribution in [-0.4, -0.2) is 38.4 Å². The lowest BCUT2D eigenvalue weighted by molar-refractivity contribution is -0.143. The Morgan fingerprint density at radius 3 is 2.36 bits per heavy atom. The lowest BCUT2D eigenvalue weighted by Gasteiger charge is -2.25. The van der Waals surface area contributed by atoms with Crippen molar-refractivity contribution in [3.05, 3.63) is 29.8 Å². The highest BCUT2D eigenvalue weighted by Gasteiger charge is 2.25. The first-order chi connectivity index (χ1) is 11.9. The summed E-state index contributed by atoms with van der Waals surface area (Å²) in [5, 5.41) is 0. The molecule has 140 valence electrons. The summed E-state index contributed by atoms with van der Waals surface area (Å²) in [7, 11) is -3.39. The van der Waals surface area contributed by atoms with E-state index in [1.165, 1.54) is 0 Å². The average Bonchev–Trinajstić information content (AvgIpc) is 2.61. The van der Waals surface area contributed by atoms with E-state index < -0.39 is 10.0 Å². The third kappa shape index (κ3) is 6.12. The number of benzene rings is 1. The van der Waals surface area contributed by atoms with Gasteiger partial charge in [0.05, 0.1) is 11.5 Å². The molecule has 1 heterocycles. The standard InChI is InChI=1S/C19H29NO4S/c1-16(2)12-15-24-19(21)11-8-17-6-9-18(10-7-17)25(22,23)20-13-4-3-5-14-20/h6-7,9-10,16H,3-5,8,11-15H2,1-2H3. The van der Waals surface area contributed by atoms with Gasteiger partial charge >= 0.3 is 5.97 Å². The van der Waals surface area contributed by atoms with E-state index in [0.717, 1.165) is 31.2 Å². The first-order valence-electron chi connectivity index (χ1n) is 9.14. The molecule has 5 nitrogen and oxygen atoms in total. The molecule has 0 aromatic heterocycles. The number of carbonyl (C=O) groups excluding carboxylic acids is 1. The SMILES string of the molecule is CC(C)CCOC(=O)CCc1ccc(S(=O)(=O)N2CCCCC2)cc1. The van der Waals surface area contributed by atoms with Crippen molar-refractivity contribution in [1.82, 2.24) is 4.31 Å². The summed E-state index contributed by atoms with van der Waals surface area (Å²) in [6, 6.07) is 6.86. The summed E-state index contributed by atoms with van der Waals surface area (Å²) < 4.78 is 31.9. The average molecular weight is 368 g/mol. The second-order valence-electron chi connectivity index (χ2n) is 7.01. The molecule has 1 aromatic carbocycles. The Bertz CT molecular complexity index is 647. The number of sulfonamides is 1. The number of esters is 1. The number of hydrogen-bond acceptors (Lipinski definition) is 4. The second kappa shape index (κ2) is 9.34. The van der Waals surface area contributed by atoms with Crippen LogP contribution in [0.15, 0.2) is 29.2 Å². The fraction of sp³-hybridized carbons (Fsp3) is 0.632.